The van der Waals surface area contributed by atoms with E-state index in [1.165, 1.54) is 6.20 Å². The Morgan fingerprint density at radius 2 is 2.10 bits per heavy atom. The number of aromatic nitrogens is 2. The first kappa shape index (κ1) is 14.7. The number of nitrogens with zero attached hydrogens (tertiary/aromatic N) is 1. The van der Waals surface area contributed by atoms with E-state index in [2.05, 4.69) is 15.5 Å². The standard InChI is InChI=1S/C14H18N4O3/c1-20-11-4-3-9(7-12(11)21-2)5-6-16-14(19)13-10(15)8-17-18-13/h3-4,7-8H,5-6,15H2,1-2H3,(H,16,19)(H,17,18). The van der Waals surface area contributed by atoms with E-state index in [0.29, 0.717) is 30.2 Å². The largest absolute Gasteiger partial charge is 0.493 e. The molecule has 0 aliphatic heterocycles. The van der Waals surface area contributed by atoms with Gasteiger partial charge in [-0.25, -0.2) is 0 Å². The Labute approximate surface area is 122 Å². The Hall–Kier alpha value is -2.70. The number of methoxy groups -OCH3 is 2. The molecule has 2 aromatic rings. The van der Waals surface area contributed by atoms with Crippen LogP contribution in [0.25, 0.3) is 0 Å². The highest BCUT2D eigenvalue weighted by molar-refractivity contribution is 5.96. The minimum absolute atomic E-state index is 0.273. The summed E-state index contributed by atoms with van der Waals surface area (Å²) < 4.78 is 10.4. The second-order valence-corrected chi connectivity index (χ2v) is 4.40. The summed E-state index contributed by atoms with van der Waals surface area (Å²) in [5.41, 5.74) is 7.25. The lowest BCUT2D eigenvalue weighted by Gasteiger charge is -2.10. The van der Waals surface area contributed by atoms with Crippen LogP contribution in [-0.2, 0) is 6.42 Å². The summed E-state index contributed by atoms with van der Waals surface area (Å²) in [4.78, 5) is 11.8. The zero-order valence-corrected chi connectivity index (χ0v) is 12.0. The number of H-pyrrole nitrogens is 1. The summed E-state index contributed by atoms with van der Waals surface area (Å²) >= 11 is 0. The van der Waals surface area contributed by atoms with Gasteiger partial charge in [0.25, 0.3) is 5.91 Å². The number of amides is 1. The SMILES string of the molecule is COc1ccc(CCNC(=O)c2[nH]ncc2N)cc1OC. The summed E-state index contributed by atoms with van der Waals surface area (Å²) in [6.45, 7) is 0.479. The Morgan fingerprint density at radius 1 is 1.33 bits per heavy atom. The fraction of sp³-hybridized carbons (Fsp3) is 0.286. The Bertz CT molecular complexity index is 624. The molecule has 4 N–H and O–H groups in total. The van der Waals surface area contributed by atoms with E-state index >= 15 is 0 Å². The summed E-state index contributed by atoms with van der Waals surface area (Å²) in [6, 6.07) is 5.65. The highest BCUT2D eigenvalue weighted by Crippen LogP contribution is 2.27. The van der Waals surface area contributed by atoms with E-state index < -0.39 is 0 Å². The number of carbonyl (C=O) groups is 1. The van der Waals surface area contributed by atoms with E-state index in [-0.39, 0.29) is 11.6 Å². The van der Waals surface area contributed by atoms with Crippen LogP contribution in [0.15, 0.2) is 24.4 Å². The third-order valence-corrected chi connectivity index (χ3v) is 3.04. The summed E-state index contributed by atoms with van der Waals surface area (Å²) in [7, 11) is 3.18. The van der Waals surface area contributed by atoms with Crippen LogP contribution in [0, 0.1) is 0 Å². The van der Waals surface area contributed by atoms with Gasteiger partial charge in [-0.2, -0.15) is 5.10 Å². The van der Waals surface area contributed by atoms with Gasteiger partial charge < -0.3 is 20.5 Å². The summed E-state index contributed by atoms with van der Waals surface area (Å²) in [6.07, 6.45) is 2.07. The van der Waals surface area contributed by atoms with Crippen molar-refractivity contribution in [3.05, 3.63) is 35.7 Å². The highest BCUT2D eigenvalue weighted by Gasteiger charge is 2.11. The molecular formula is C14H18N4O3. The first-order valence-electron chi connectivity index (χ1n) is 6.43. The number of aromatic amines is 1. The van der Waals surface area contributed by atoms with Crippen molar-refractivity contribution in [3.63, 3.8) is 0 Å². The number of carbonyl (C=O) groups excluding carboxylic acids is 1. The maximum Gasteiger partial charge on any atom is 0.271 e. The first-order valence-corrected chi connectivity index (χ1v) is 6.43. The lowest BCUT2D eigenvalue weighted by molar-refractivity contribution is 0.0950. The van der Waals surface area contributed by atoms with Crippen LogP contribution in [0.1, 0.15) is 16.1 Å². The van der Waals surface area contributed by atoms with Gasteiger partial charge in [0.2, 0.25) is 0 Å². The minimum atomic E-state index is -0.273. The third kappa shape index (κ3) is 3.44. The van der Waals surface area contributed by atoms with Crippen molar-refractivity contribution in [3.8, 4) is 11.5 Å². The first-order chi connectivity index (χ1) is 10.2. The van der Waals surface area contributed by atoms with Crippen LogP contribution in [0.3, 0.4) is 0 Å². The number of rotatable bonds is 6. The maximum absolute atomic E-state index is 11.8. The van der Waals surface area contributed by atoms with Crippen LogP contribution in [0.5, 0.6) is 11.5 Å². The molecule has 0 atom stereocenters. The number of nitrogen functional groups attached to an aromatic ring is 1. The Balaban J connectivity index is 1.92. The zero-order chi connectivity index (χ0) is 15.2. The zero-order valence-electron chi connectivity index (χ0n) is 12.0. The van der Waals surface area contributed by atoms with Crippen LogP contribution >= 0.6 is 0 Å². The number of benzene rings is 1. The van der Waals surface area contributed by atoms with Crippen molar-refractivity contribution >= 4 is 11.6 Å². The molecular weight excluding hydrogens is 272 g/mol. The molecule has 0 unspecified atom stereocenters. The average molecular weight is 290 g/mol. The molecule has 112 valence electrons. The van der Waals surface area contributed by atoms with Crippen molar-refractivity contribution in [1.82, 2.24) is 15.5 Å². The predicted molar refractivity (Wildman–Crippen MR) is 78.6 cm³/mol. The van der Waals surface area contributed by atoms with E-state index in [1.54, 1.807) is 14.2 Å². The number of hydrogen-bond donors (Lipinski definition) is 3. The van der Waals surface area contributed by atoms with E-state index in [0.717, 1.165) is 5.56 Å². The van der Waals surface area contributed by atoms with Crippen LogP contribution in [0.4, 0.5) is 5.69 Å². The molecule has 0 aliphatic rings. The van der Waals surface area contributed by atoms with E-state index in [9.17, 15) is 4.79 Å². The Kier molecular flexibility index (Phi) is 4.65. The van der Waals surface area contributed by atoms with Gasteiger partial charge in [0.15, 0.2) is 11.5 Å². The molecule has 0 bridgehead atoms. The van der Waals surface area contributed by atoms with Crippen molar-refractivity contribution < 1.29 is 14.3 Å². The molecule has 1 amide bonds. The molecule has 7 heteroatoms. The van der Waals surface area contributed by atoms with Crippen LogP contribution < -0.4 is 20.5 Å². The average Bonchev–Trinajstić information content (AvgIpc) is 2.93. The van der Waals surface area contributed by atoms with Gasteiger partial charge in [0, 0.05) is 6.54 Å². The molecule has 0 saturated carbocycles. The fourth-order valence-electron chi connectivity index (χ4n) is 1.92. The van der Waals surface area contributed by atoms with Gasteiger partial charge in [0.05, 0.1) is 26.1 Å². The molecule has 21 heavy (non-hydrogen) atoms. The smallest absolute Gasteiger partial charge is 0.271 e. The fourth-order valence-corrected chi connectivity index (χ4v) is 1.92. The van der Waals surface area contributed by atoms with Gasteiger partial charge in [-0.15, -0.1) is 0 Å². The quantitative estimate of drug-likeness (QED) is 0.736. The molecule has 7 nitrogen and oxygen atoms in total. The van der Waals surface area contributed by atoms with Crippen molar-refractivity contribution in [2.24, 2.45) is 0 Å². The molecule has 0 radical (unpaired) electrons. The van der Waals surface area contributed by atoms with Gasteiger partial charge >= 0.3 is 0 Å². The molecule has 1 aromatic carbocycles. The normalized spacial score (nSPS) is 10.2. The third-order valence-electron chi connectivity index (χ3n) is 3.04. The number of ether oxygens (including phenoxy) is 2. The van der Waals surface area contributed by atoms with E-state index in [4.69, 9.17) is 15.2 Å². The topological polar surface area (TPSA) is 102 Å². The van der Waals surface area contributed by atoms with E-state index in [1.807, 2.05) is 18.2 Å². The monoisotopic (exact) mass is 290 g/mol. The van der Waals surface area contributed by atoms with Crippen molar-refractivity contribution in [2.45, 2.75) is 6.42 Å². The molecule has 2 rings (SSSR count). The number of nitrogens with two attached hydrogens (primary N) is 1. The molecule has 1 aromatic heterocycles. The number of nitrogens with one attached hydrogen (secondary N) is 2. The summed E-state index contributed by atoms with van der Waals surface area (Å²) in [5.74, 6) is 1.07. The minimum Gasteiger partial charge on any atom is -0.493 e. The lowest BCUT2D eigenvalue weighted by atomic mass is 10.1. The maximum atomic E-state index is 11.8. The van der Waals surface area contributed by atoms with Crippen LogP contribution in [-0.4, -0.2) is 36.9 Å². The molecule has 0 fully saturated rings. The van der Waals surface area contributed by atoms with Gasteiger partial charge in [0.1, 0.15) is 5.69 Å². The van der Waals surface area contributed by atoms with Gasteiger partial charge in [-0.3, -0.25) is 9.89 Å². The number of hydrogen-bond acceptors (Lipinski definition) is 5. The Morgan fingerprint density at radius 3 is 2.71 bits per heavy atom. The van der Waals surface area contributed by atoms with Crippen LogP contribution in [0.2, 0.25) is 0 Å². The lowest BCUT2D eigenvalue weighted by Crippen LogP contribution is -2.26. The molecule has 0 spiro atoms. The van der Waals surface area contributed by atoms with Crippen molar-refractivity contribution in [1.29, 1.82) is 0 Å². The second kappa shape index (κ2) is 6.65. The second-order valence-electron chi connectivity index (χ2n) is 4.40. The molecule has 0 aliphatic carbocycles. The van der Waals surface area contributed by atoms with Gasteiger partial charge in [-0.05, 0) is 24.1 Å². The molecule has 0 saturated heterocycles. The van der Waals surface area contributed by atoms with Gasteiger partial charge in [-0.1, -0.05) is 6.07 Å². The van der Waals surface area contributed by atoms with Crippen molar-refractivity contribution in [2.75, 3.05) is 26.5 Å². The predicted octanol–water partition coefficient (Wildman–Crippen LogP) is 0.982. The summed E-state index contributed by atoms with van der Waals surface area (Å²) in [5, 5.41) is 9.05. The number of anilines is 1. The molecule has 1 heterocycles. The highest BCUT2D eigenvalue weighted by atomic mass is 16.5.